The molecule has 98 valence electrons. The second-order valence-electron chi connectivity index (χ2n) is 3.71. The van der Waals surface area contributed by atoms with Gasteiger partial charge in [-0.25, -0.2) is 4.79 Å². The van der Waals surface area contributed by atoms with E-state index in [0.717, 1.165) is 11.2 Å². The lowest BCUT2D eigenvalue weighted by Gasteiger charge is -2.02. The highest BCUT2D eigenvalue weighted by molar-refractivity contribution is 7.98. The number of benzene rings is 1. The lowest BCUT2D eigenvalue weighted by atomic mass is 10.2. The van der Waals surface area contributed by atoms with E-state index in [2.05, 4.69) is 0 Å². The SMILES string of the molecule is O=C(O)c1ccc(SCc2cc(=O)c(O)co2)cc1. The molecular formula is C13H10O5S. The summed E-state index contributed by atoms with van der Waals surface area (Å²) in [4.78, 5) is 22.7. The highest BCUT2D eigenvalue weighted by Crippen LogP contribution is 2.23. The largest absolute Gasteiger partial charge is 0.502 e. The second-order valence-corrected chi connectivity index (χ2v) is 4.76. The molecule has 1 heterocycles. The van der Waals surface area contributed by atoms with Gasteiger partial charge in [-0.1, -0.05) is 0 Å². The molecule has 0 spiro atoms. The van der Waals surface area contributed by atoms with Gasteiger partial charge in [0, 0.05) is 11.0 Å². The number of aromatic hydroxyl groups is 1. The fourth-order valence-corrected chi connectivity index (χ4v) is 2.16. The summed E-state index contributed by atoms with van der Waals surface area (Å²) in [5.74, 6) is -0.530. The van der Waals surface area contributed by atoms with Crippen LogP contribution in [0.5, 0.6) is 5.75 Å². The Morgan fingerprint density at radius 1 is 1.26 bits per heavy atom. The average Bonchev–Trinajstić information content (AvgIpc) is 2.40. The van der Waals surface area contributed by atoms with E-state index >= 15 is 0 Å². The molecule has 0 aliphatic rings. The van der Waals surface area contributed by atoms with Crippen LogP contribution in [0.2, 0.25) is 0 Å². The van der Waals surface area contributed by atoms with Crippen molar-refractivity contribution in [1.82, 2.24) is 0 Å². The number of carboxylic acids is 1. The molecule has 2 N–H and O–H groups in total. The molecule has 2 rings (SSSR count). The van der Waals surface area contributed by atoms with E-state index < -0.39 is 17.1 Å². The van der Waals surface area contributed by atoms with E-state index in [1.807, 2.05) is 0 Å². The van der Waals surface area contributed by atoms with Crippen LogP contribution in [0.4, 0.5) is 0 Å². The summed E-state index contributed by atoms with van der Waals surface area (Å²) in [5, 5.41) is 17.8. The summed E-state index contributed by atoms with van der Waals surface area (Å²) in [5.41, 5.74) is -0.261. The van der Waals surface area contributed by atoms with E-state index in [1.165, 1.54) is 30.0 Å². The Bertz CT molecular complexity index is 645. The molecular weight excluding hydrogens is 268 g/mol. The summed E-state index contributed by atoms with van der Waals surface area (Å²) < 4.78 is 5.06. The van der Waals surface area contributed by atoms with E-state index in [1.54, 1.807) is 12.1 Å². The Morgan fingerprint density at radius 2 is 1.95 bits per heavy atom. The molecule has 0 radical (unpaired) electrons. The highest BCUT2D eigenvalue weighted by atomic mass is 32.2. The average molecular weight is 278 g/mol. The van der Waals surface area contributed by atoms with Gasteiger partial charge in [-0.2, -0.15) is 0 Å². The van der Waals surface area contributed by atoms with Crippen LogP contribution in [-0.4, -0.2) is 16.2 Å². The van der Waals surface area contributed by atoms with Crippen molar-refractivity contribution in [2.24, 2.45) is 0 Å². The minimum Gasteiger partial charge on any atom is -0.502 e. The molecule has 0 fully saturated rings. The number of rotatable bonds is 4. The summed E-state index contributed by atoms with van der Waals surface area (Å²) in [6.07, 6.45) is 1.01. The molecule has 0 aliphatic carbocycles. The van der Waals surface area contributed by atoms with Crippen LogP contribution >= 0.6 is 11.8 Å². The third kappa shape index (κ3) is 3.38. The molecule has 0 saturated heterocycles. The zero-order valence-corrected chi connectivity index (χ0v) is 10.5. The van der Waals surface area contributed by atoms with Crippen LogP contribution in [-0.2, 0) is 5.75 Å². The van der Waals surface area contributed by atoms with Crippen LogP contribution in [0.15, 0.2) is 50.7 Å². The Hall–Kier alpha value is -2.21. The third-order valence-electron chi connectivity index (χ3n) is 2.35. The lowest BCUT2D eigenvalue weighted by Crippen LogP contribution is -1.99. The Balaban J connectivity index is 2.04. The van der Waals surface area contributed by atoms with Crippen molar-refractivity contribution in [2.75, 3.05) is 0 Å². The van der Waals surface area contributed by atoms with E-state index in [-0.39, 0.29) is 5.56 Å². The first-order valence-electron chi connectivity index (χ1n) is 5.33. The van der Waals surface area contributed by atoms with E-state index in [0.29, 0.717) is 11.5 Å². The molecule has 0 atom stereocenters. The maximum atomic E-state index is 11.2. The molecule has 0 unspecified atom stereocenters. The van der Waals surface area contributed by atoms with Gasteiger partial charge in [0.25, 0.3) is 0 Å². The van der Waals surface area contributed by atoms with Crippen molar-refractivity contribution in [3.63, 3.8) is 0 Å². The van der Waals surface area contributed by atoms with Gasteiger partial charge in [-0.3, -0.25) is 4.79 Å². The van der Waals surface area contributed by atoms with Gasteiger partial charge >= 0.3 is 5.97 Å². The van der Waals surface area contributed by atoms with Gasteiger partial charge in [0.05, 0.1) is 11.3 Å². The number of carbonyl (C=O) groups is 1. The van der Waals surface area contributed by atoms with Crippen molar-refractivity contribution in [1.29, 1.82) is 0 Å². The number of thioether (sulfide) groups is 1. The molecule has 1 aromatic heterocycles. The van der Waals surface area contributed by atoms with Gasteiger partial charge in [0.2, 0.25) is 5.43 Å². The van der Waals surface area contributed by atoms with E-state index in [4.69, 9.17) is 14.6 Å². The lowest BCUT2D eigenvalue weighted by molar-refractivity contribution is 0.0697. The Labute approximate surface area is 112 Å². The normalized spacial score (nSPS) is 10.3. The van der Waals surface area contributed by atoms with Gasteiger partial charge in [0.15, 0.2) is 5.75 Å². The first-order valence-corrected chi connectivity index (χ1v) is 6.31. The quantitative estimate of drug-likeness (QED) is 0.834. The first kappa shape index (κ1) is 13.2. The fraction of sp³-hybridized carbons (Fsp3) is 0.0769. The minimum atomic E-state index is -0.971. The van der Waals surface area contributed by atoms with Crippen molar-refractivity contribution in [3.05, 3.63) is 58.1 Å². The fourth-order valence-electron chi connectivity index (χ4n) is 1.37. The van der Waals surface area contributed by atoms with Crippen LogP contribution < -0.4 is 5.43 Å². The Morgan fingerprint density at radius 3 is 2.53 bits per heavy atom. The number of aromatic carboxylic acids is 1. The molecule has 2 aromatic rings. The minimum absolute atomic E-state index is 0.223. The molecule has 0 aliphatic heterocycles. The second kappa shape index (κ2) is 5.62. The topological polar surface area (TPSA) is 87.7 Å². The van der Waals surface area contributed by atoms with Crippen LogP contribution in [0.1, 0.15) is 16.1 Å². The van der Waals surface area contributed by atoms with Crippen molar-refractivity contribution < 1.29 is 19.4 Å². The molecule has 5 nitrogen and oxygen atoms in total. The highest BCUT2D eigenvalue weighted by Gasteiger charge is 2.05. The summed E-state index contributed by atoms with van der Waals surface area (Å²) in [6, 6.07) is 7.63. The van der Waals surface area contributed by atoms with E-state index in [9.17, 15) is 9.59 Å². The van der Waals surface area contributed by atoms with Crippen molar-refractivity contribution in [3.8, 4) is 5.75 Å². The van der Waals surface area contributed by atoms with Gasteiger partial charge < -0.3 is 14.6 Å². The molecule has 0 bridgehead atoms. The standard InChI is InChI=1S/C13H10O5S/c14-11-5-9(18-6-12(11)15)7-19-10-3-1-8(2-4-10)13(16)17/h1-6,15H,7H2,(H,16,17). The number of hydrogen-bond donors (Lipinski definition) is 2. The maximum absolute atomic E-state index is 11.2. The smallest absolute Gasteiger partial charge is 0.335 e. The van der Waals surface area contributed by atoms with Gasteiger partial charge in [0.1, 0.15) is 12.0 Å². The number of hydrogen-bond acceptors (Lipinski definition) is 5. The summed E-state index contributed by atoms with van der Waals surface area (Å²) in [6.45, 7) is 0. The molecule has 1 aromatic carbocycles. The van der Waals surface area contributed by atoms with Gasteiger partial charge in [-0.05, 0) is 24.3 Å². The third-order valence-corrected chi connectivity index (χ3v) is 3.38. The van der Waals surface area contributed by atoms with Gasteiger partial charge in [-0.15, -0.1) is 11.8 Å². The molecule has 0 saturated carbocycles. The van der Waals surface area contributed by atoms with Crippen LogP contribution in [0, 0.1) is 0 Å². The maximum Gasteiger partial charge on any atom is 0.335 e. The first-order chi connectivity index (χ1) is 9.06. The van der Waals surface area contributed by atoms with Crippen molar-refractivity contribution in [2.45, 2.75) is 10.6 Å². The number of carboxylic acid groups (broad SMARTS) is 1. The zero-order valence-electron chi connectivity index (χ0n) is 9.70. The molecule has 19 heavy (non-hydrogen) atoms. The van der Waals surface area contributed by atoms with Crippen LogP contribution in [0.3, 0.4) is 0 Å². The zero-order chi connectivity index (χ0) is 13.8. The Kier molecular flexibility index (Phi) is 3.91. The monoisotopic (exact) mass is 278 g/mol. The summed E-state index contributed by atoms with van der Waals surface area (Å²) in [7, 11) is 0. The molecule has 0 amide bonds. The molecule has 6 heteroatoms. The van der Waals surface area contributed by atoms with Crippen LogP contribution in [0.25, 0.3) is 0 Å². The predicted molar refractivity (Wildman–Crippen MR) is 69.6 cm³/mol. The summed E-state index contributed by atoms with van der Waals surface area (Å²) >= 11 is 1.40. The van der Waals surface area contributed by atoms with Crippen molar-refractivity contribution >= 4 is 17.7 Å². The predicted octanol–water partition coefficient (Wildman–Crippen LogP) is 2.34.